The lowest BCUT2D eigenvalue weighted by Gasteiger charge is -2.21. The Balaban J connectivity index is 2.71. The summed E-state index contributed by atoms with van der Waals surface area (Å²) < 4.78 is 6.78. The van der Waals surface area contributed by atoms with E-state index in [1.54, 1.807) is 0 Å². The van der Waals surface area contributed by atoms with Crippen LogP contribution in [0.25, 0.3) is 0 Å². The van der Waals surface area contributed by atoms with Crippen LogP contribution in [0.1, 0.15) is 32.8 Å². The molecule has 3 nitrogen and oxygen atoms in total. The summed E-state index contributed by atoms with van der Waals surface area (Å²) in [6, 6.07) is 6.14. The van der Waals surface area contributed by atoms with Gasteiger partial charge < -0.3 is 15.2 Å². The third kappa shape index (κ3) is 5.51. The third-order valence-electron chi connectivity index (χ3n) is 3.04. The van der Waals surface area contributed by atoms with Crippen LogP contribution in [-0.2, 0) is 6.54 Å². The number of hydrogen-bond acceptors (Lipinski definition) is 3. The molecule has 1 unspecified atom stereocenters. The van der Waals surface area contributed by atoms with Crippen LogP contribution >= 0.6 is 15.9 Å². The summed E-state index contributed by atoms with van der Waals surface area (Å²) in [6.07, 6.45) is 0.994. The molecule has 0 saturated heterocycles. The van der Waals surface area contributed by atoms with Crippen molar-refractivity contribution in [2.75, 3.05) is 13.2 Å². The number of halogens is 1. The van der Waals surface area contributed by atoms with Gasteiger partial charge in [0.1, 0.15) is 5.75 Å². The normalized spacial score (nSPS) is 12.7. The number of benzene rings is 1. The van der Waals surface area contributed by atoms with Gasteiger partial charge in [0.15, 0.2) is 0 Å². The number of hydrogen-bond donors (Lipinski definition) is 2. The maximum Gasteiger partial charge on any atom is 0.123 e. The van der Waals surface area contributed by atoms with E-state index in [2.05, 4.69) is 48.1 Å². The molecule has 19 heavy (non-hydrogen) atoms. The molecule has 108 valence electrons. The summed E-state index contributed by atoms with van der Waals surface area (Å²) in [4.78, 5) is 0. The first-order valence-electron chi connectivity index (χ1n) is 6.84. The quantitative estimate of drug-likeness (QED) is 0.768. The van der Waals surface area contributed by atoms with Crippen molar-refractivity contribution < 1.29 is 9.84 Å². The number of aliphatic hydroxyl groups excluding tert-OH is 1. The Morgan fingerprint density at radius 2 is 2.11 bits per heavy atom. The molecule has 0 aliphatic rings. The number of rotatable bonds is 8. The van der Waals surface area contributed by atoms with Crippen molar-refractivity contribution in [3.05, 3.63) is 28.2 Å². The van der Waals surface area contributed by atoms with E-state index in [-0.39, 0.29) is 12.6 Å². The van der Waals surface area contributed by atoms with Crippen molar-refractivity contribution in [2.45, 2.75) is 39.8 Å². The second-order valence-electron chi connectivity index (χ2n) is 5.01. The second kappa shape index (κ2) is 8.56. The van der Waals surface area contributed by atoms with E-state index in [1.807, 2.05) is 12.1 Å². The van der Waals surface area contributed by atoms with Crippen LogP contribution in [0.3, 0.4) is 0 Å². The lowest BCUT2D eigenvalue weighted by Crippen LogP contribution is -2.36. The number of aliphatic hydroxyl groups is 1. The van der Waals surface area contributed by atoms with Crippen LogP contribution < -0.4 is 10.1 Å². The minimum absolute atomic E-state index is 0.109. The lowest BCUT2D eigenvalue weighted by molar-refractivity contribution is 0.209. The highest BCUT2D eigenvalue weighted by Gasteiger charge is 2.12. The van der Waals surface area contributed by atoms with E-state index in [0.717, 1.165) is 28.8 Å². The highest BCUT2D eigenvalue weighted by molar-refractivity contribution is 9.10. The predicted octanol–water partition coefficient (Wildman–Crippen LogP) is 3.34. The summed E-state index contributed by atoms with van der Waals surface area (Å²) >= 11 is 3.48. The zero-order valence-electron chi connectivity index (χ0n) is 11.9. The fourth-order valence-electron chi connectivity index (χ4n) is 1.79. The van der Waals surface area contributed by atoms with Gasteiger partial charge in [-0.3, -0.25) is 0 Å². The average Bonchev–Trinajstić information content (AvgIpc) is 2.38. The molecule has 0 radical (unpaired) electrons. The van der Waals surface area contributed by atoms with E-state index in [4.69, 9.17) is 4.74 Å². The molecule has 0 aliphatic heterocycles. The molecular formula is C15H24BrNO2. The SMILES string of the molecule is CCCOc1ccc(Br)cc1CNC(CO)C(C)C. The molecule has 4 heteroatoms. The molecule has 0 aromatic heterocycles. The Kier molecular flexibility index (Phi) is 7.42. The Morgan fingerprint density at radius 3 is 2.68 bits per heavy atom. The first-order chi connectivity index (χ1) is 9.08. The van der Waals surface area contributed by atoms with Gasteiger partial charge in [-0.05, 0) is 30.5 Å². The minimum Gasteiger partial charge on any atom is -0.493 e. The molecule has 0 bridgehead atoms. The highest BCUT2D eigenvalue weighted by atomic mass is 79.9. The van der Waals surface area contributed by atoms with Crippen molar-refractivity contribution in [2.24, 2.45) is 5.92 Å². The predicted molar refractivity (Wildman–Crippen MR) is 82.5 cm³/mol. The Morgan fingerprint density at radius 1 is 1.37 bits per heavy atom. The van der Waals surface area contributed by atoms with Crippen molar-refractivity contribution in [1.82, 2.24) is 5.32 Å². The topological polar surface area (TPSA) is 41.5 Å². The van der Waals surface area contributed by atoms with Crippen LogP contribution in [-0.4, -0.2) is 24.4 Å². The van der Waals surface area contributed by atoms with Gasteiger partial charge in [-0.25, -0.2) is 0 Å². The van der Waals surface area contributed by atoms with Crippen LogP contribution in [0.5, 0.6) is 5.75 Å². The first kappa shape index (κ1) is 16.5. The fourth-order valence-corrected chi connectivity index (χ4v) is 2.20. The van der Waals surface area contributed by atoms with Gasteiger partial charge in [0.25, 0.3) is 0 Å². The summed E-state index contributed by atoms with van der Waals surface area (Å²) in [5, 5.41) is 12.7. The van der Waals surface area contributed by atoms with Crippen molar-refractivity contribution >= 4 is 15.9 Å². The zero-order chi connectivity index (χ0) is 14.3. The second-order valence-corrected chi connectivity index (χ2v) is 5.93. The van der Waals surface area contributed by atoms with E-state index >= 15 is 0 Å². The van der Waals surface area contributed by atoms with Gasteiger partial charge in [-0.2, -0.15) is 0 Å². The lowest BCUT2D eigenvalue weighted by atomic mass is 10.0. The molecule has 0 amide bonds. The Hall–Kier alpha value is -0.580. The van der Waals surface area contributed by atoms with E-state index in [0.29, 0.717) is 12.5 Å². The van der Waals surface area contributed by atoms with Gasteiger partial charge in [-0.1, -0.05) is 36.7 Å². The smallest absolute Gasteiger partial charge is 0.123 e. The van der Waals surface area contributed by atoms with Crippen molar-refractivity contribution in [1.29, 1.82) is 0 Å². The van der Waals surface area contributed by atoms with Gasteiger partial charge >= 0.3 is 0 Å². The number of nitrogens with one attached hydrogen (secondary N) is 1. The molecular weight excluding hydrogens is 306 g/mol. The number of ether oxygens (including phenoxy) is 1. The van der Waals surface area contributed by atoms with Gasteiger partial charge in [0.2, 0.25) is 0 Å². The summed E-state index contributed by atoms with van der Waals surface area (Å²) in [5.41, 5.74) is 1.11. The van der Waals surface area contributed by atoms with Crippen molar-refractivity contribution in [3.63, 3.8) is 0 Å². The Bertz CT molecular complexity index is 382. The van der Waals surface area contributed by atoms with Gasteiger partial charge in [0.05, 0.1) is 13.2 Å². The summed E-state index contributed by atoms with van der Waals surface area (Å²) in [5.74, 6) is 1.31. The maximum atomic E-state index is 9.34. The van der Waals surface area contributed by atoms with E-state index in [9.17, 15) is 5.11 Å². The molecule has 0 heterocycles. The highest BCUT2D eigenvalue weighted by Crippen LogP contribution is 2.23. The monoisotopic (exact) mass is 329 g/mol. The molecule has 1 aromatic carbocycles. The molecule has 0 fully saturated rings. The molecule has 1 atom stereocenters. The third-order valence-corrected chi connectivity index (χ3v) is 3.53. The van der Waals surface area contributed by atoms with E-state index in [1.165, 1.54) is 0 Å². The Labute approximate surface area is 124 Å². The maximum absolute atomic E-state index is 9.34. The zero-order valence-corrected chi connectivity index (χ0v) is 13.5. The van der Waals surface area contributed by atoms with Crippen LogP contribution in [0.4, 0.5) is 0 Å². The van der Waals surface area contributed by atoms with Crippen molar-refractivity contribution in [3.8, 4) is 5.75 Å². The fraction of sp³-hybridized carbons (Fsp3) is 0.600. The first-order valence-corrected chi connectivity index (χ1v) is 7.63. The standard InChI is InChI=1S/C15H24BrNO2/c1-4-7-19-15-6-5-13(16)8-12(15)9-17-14(10-18)11(2)3/h5-6,8,11,14,17-18H,4,7,9-10H2,1-3H3. The molecule has 0 spiro atoms. The molecule has 1 aromatic rings. The molecule has 1 rings (SSSR count). The van der Waals surface area contributed by atoms with Crippen LogP contribution in [0.15, 0.2) is 22.7 Å². The minimum atomic E-state index is 0.109. The molecule has 2 N–H and O–H groups in total. The van der Waals surface area contributed by atoms with E-state index < -0.39 is 0 Å². The van der Waals surface area contributed by atoms with Gasteiger partial charge in [-0.15, -0.1) is 0 Å². The molecule has 0 aliphatic carbocycles. The summed E-state index contributed by atoms with van der Waals surface area (Å²) in [7, 11) is 0. The van der Waals surface area contributed by atoms with Gasteiger partial charge in [0, 0.05) is 22.6 Å². The summed E-state index contributed by atoms with van der Waals surface area (Å²) in [6.45, 7) is 7.87. The molecule has 0 saturated carbocycles. The van der Waals surface area contributed by atoms with Crippen LogP contribution in [0.2, 0.25) is 0 Å². The average molecular weight is 330 g/mol. The largest absolute Gasteiger partial charge is 0.493 e. The van der Waals surface area contributed by atoms with Crippen LogP contribution in [0, 0.1) is 5.92 Å².